The molecule has 0 radical (unpaired) electrons. The fourth-order valence-electron chi connectivity index (χ4n) is 4.44. The summed E-state index contributed by atoms with van der Waals surface area (Å²) in [6.07, 6.45) is -5.61. The lowest BCUT2D eigenvalue weighted by atomic mass is 9.98. The quantitative estimate of drug-likeness (QED) is 0.542. The van der Waals surface area contributed by atoms with E-state index >= 15 is 0 Å². The number of carboxylic acid groups (broad SMARTS) is 1. The van der Waals surface area contributed by atoms with Crippen LogP contribution in [-0.2, 0) is 19.1 Å². The Morgan fingerprint density at radius 3 is 2.26 bits per heavy atom. The predicted molar refractivity (Wildman–Crippen MR) is 117 cm³/mol. The molecule has 3 N–H and O–H groups in total. The van der Waals surface area contributed by atoms with Gasteiger partial charge in [0.25, 0.3) is 5.91 Å². The van der Waals surface area contributed by atoms with Crippen LogP contribution < -0.4 is 10.6 Å². The van der Waals surface area contributed by atoms with Crippen molar-refractivity contribution in [1.82, 2.24) is 10.6 Å². The van der Waals surface area contributed by atoms with Crippen molar-refractivity contribution >= 4 is 18.0 Å². The second kappa shape index (κ2) is 10.2. The number of amides is 2. The van der Waals surface area contributed by atoms with E-state index in [2.05, 4.69) is 10.6 Å². The molecule has 10 heteroatoms. The van der Waals surface area contributed by atoms with Crippen LogP contribution in [0.4, 0.5) is 13.6 Å². The Hall–Kier alpha value is -3.53. The number of hydrogen-bond acceptors (Lipinski definition) is 5. The van der Waals surface area contributed by atoms with Gasteiger partial charge in [-0.15, -0.1) is 0 Å². The monoisotopic (exact) mass is 474 g/mol. The van der Waals surface area contributed by atoms with E-state index in [1.807, 2.05) is 48.5 Å². The molecule has 180 valence electrons. The first-order valence-electron chi connectivity index (χ1n) is 10.9. The lowest BCUT2D eigenvalue weighted by Gasteiger charge is -2.22. The zero-order chi connectivity index (χ0) is 24.2. The van der Waals surface area contributed by atoms with Crippen LogP contribution in [-0.4, -0.2) is 60.9 Å². The third-order valence-electron chi connectivity index (χ3n) is 6.03. The molecule has 1 saturated heterocycles. The van der Waals surface area contributed by atoms with Crippen molar-refractivity contribution in [2.45, 2.75) is 43.4 Å². The second-order valence-corrected chi connectivity index (χ2v) is 8.18. The highest BCUT2D eigenvalue weighted by atomic mass is 19.3. The van der Waals surface area contributed by atoms with Crippen molar-refractivity contribution in [3.8, 4) is 11.1 Å². The van der Waals surface area contributed by atoms with Crippen molar-refractivity contribution in [3.05, 3.63) is 59.7 Å². The number of halogens is 2. The number of carboxylic acids is 1. The average molecular weight is 474 g/mol. The fraction of sp³-hybridized carbons (Fsp3) is 0.375. The molecule has 3 atom stereocenters. The first-order chi connectivity index (χ1) is 16.3. The molecule has 0 saturated carbocycles. The maximum absolute atomic E-state index is 12.6. The topological polar surface area (TPSA) is 114 Å². The van der Waals surface area contributed by atoms with E-state index in [-0.39, 0.29) is 25.6 Å². The molecule has 8 nitrogen and oxygen atoms in total. The summed E-state index contributed by atoms with van der Waals surface area (Å²) >= 11 is 0. The van der Waals surface area contributed by atoms with Gasteiger partial charge in [-0.2, -0.15) is 0 Å². The van der Waals surface area contributed by atoms with E-state index in [1.165, 1.54) is 0 Å². The van der Waals surface area contributed by atoms with E-state index in [4.69, 9.17) is 14.6 Å². The SMILES string of the molecule is O=C(N[C@H]1CCO[C@H]1C(=O)NC(CC(F)F)C(=O)O)OCC1c2ccccc2-c2ccccc21. The number of alkyl carbamates (subject to hydrolysis) is 1. The predicted octanol–water partition coefficient (Wildman–Crippen LogP) is 2.91. The number of alkyl halides is 2. The van der Waals surface area contributed by atoms with Crippen LogP contribution in [0.15, 0.2) is 48.5 Å². The van der Waals surface area contributed by atoms with Gasteiger partial charge in [0.2, 0.25) is 6.43 Å². The van der Waals surface area contributed by atoms with Crippen molar-refractivity contribution < 1.29 is 37.7 Å². The van der Waals surface area contributed by atoms with Crippen LogP contribution in [0.1, 0.15) is 29.9 Å². The molecule has 34 heavy (non-hydrogen) atoms. The molecule has 2 aromatic carbocycles. The zero-order valence-electron chi connectivity index (χ0n) is 18.1. The van der Waals surface area contributed by atoms with E-state index < -0.39 is 49.0 Å². The van der Waals surface area contributed by atoms with Gasteiger partial charge in [0, 0.05) is 18.9 Å². The van der Waals surface area contributed by atoms with Gasteiger partial charge >= 0.3 is 12.1 Å². The molecule has 0 spiro atoms. The van der Waals surface area contributed by atoms with Crippen LogP contribution in [0.5, 0.6) is 0 Å². The van der Waals surface area contributed by atoms with Gasteiger partial charge in [-0.05, 0) is 28.7 Å². The summed E-state index contributed by atoms with van der Waals surface area (Å²) in [5.41, 5.74) is 4.28. The van der Waals surface area contributed by atoms with Gasteiger partial charge in [-0.1, -0.05) is 48.5 Å². The van der Waals surface area contributed by atoms with Gasteiger partial charge in [-0.25, -0.2) is 18.4 Å². The Balaban J connectivity index is 1.36. The largest absolute Gasteiger partial charge is 0.480 e. The number of ether oxygens (including phenoxy) is 2. The minimum Gasteiger partial charge on any atom is -0.480 e. The summed E-state index contributed by atoms with van der Waals surface area (Å²) in [5, 5.41) is 13.7. The highest BCUT2D eigenvalue weighted by Gasteiger charge is 2.38. The number of aliphatic carboxylic acids is 1. The summed E-state index contributed by atoms with van der Waals surface area (Å²) in [6, 6.07) is 13.2. The summed E-state index contributed by atoms with van der Waals surface area (Å²) in [6.45, 7) is 0.221. The summed E-state index contributed by atoms with van der Waals surface area (Å²) in [7, 11) is 0. The van der Waals surface area contributed by atoms with E-state index in [0.717, 1.165) is 22.3 Å². The molecule has 0 bridgehead atoms. The number of carbonyl (C=O) groups is 3. The molecule has 1 fully saturated rings. The Bertz CT molecular complexity index is 1030. The van der Waals surface area contributed by atoms with Gasteiger partial charge in [-0.3, -0.25) is 4.79 Å². The molecule has 1 heterocycles. The van der Waals surface area contributed by atoms with Crippen molar-refractivity contribution in [1.29, 1.82) is 0 Å². The average Bonchev–Trinajstić information content (AvgIpc) is 3.39. The van der Waals surface area contributed by atoms with Crippen molar-refractivity contribution in [2.24, 2.45) is 0 Å². The normalized spacial score (nSPS) is 19.9. The third kappa shape index (κ3) is 5.01. The Morgan fingerprint density at radius 1 is 1.06 bits per heavy atom. The standard InChI is InChI=1S/C24H24F2N2O6/c25-20(26)11-19(23(30)31)27-22(29)21-18(9-10-33-21)28-24(32)34-12-17-15-7-3-1-5-13(15)14-6-2-4-8-16(14)17/h1-8,17-21H,9-12H2,(H,27,29)(H,28,32)(H,30,31)/t18-,19?,21+/m0/s1. The lowest BCUT2D eigenvalue weighted by Crippen LogP contribution is -2.52. The van der Waals surface area contributed by atoms with Crippen molar-refractivity contribution in [2.75, 3.05) is 13.2 Å². The Morgan fingerprint density at radius 2 is 1.68 bits per heavy atom. The van der Waals surface area contributed by atoms with Crippen LogP contribution >= 0.6 is 0 Å². The molecule has 0 aromatic heterocycles. The number of nitrogens with one attached hydrogen (secondary N) is 2. The van der Waals surface area contributed by atoms with Crippen LogP contribution in [0, 0.1) is 0 Å². The van der Waals surface area contributed by atoms with Gasteiger partial charge in [0.15, 0.2) is 6.10 Å². The number of hydrogen-bond donors (Lipinski definition) is 3. The first-order valence-corrected chi connectivity index (χ1v) is 10.9. The molecular weight excluding hydrogens is 450 g/mol. The van der Waals surface area contributed by atoms with E-state index in [1.54, 1.807) is 0 Å². The molecule has 1 unspecified atom stereocenters. The third-order valence-corrected chi connectivity index (χ3v) is 6.03. The Labute approximate surface area is 194 Å². The molecule has 1 aliphatic heterocycles. The molecule has 4 rings (SSSR count). The Kier molecular flexibility index (Phi) is 7.06. The number of rotatable bonds is 8. The first kappa shape index (κ1) is 23.6. The molecule has 2 aliphatic rings. The maximum atomic E-state index is 12.6. The van der Waals surface area contributed by atoms with Crippen LogP contribution in [0.2, 0.25) is 0 Å². The molecule has 2 amide bonds. The van der Waals surface area contributed by atoms with Crippen LogP contribution in [0.3, 0.4) is 0 Å². The van der Waals surface area contributed by atoms with Crippen LogP contribution in [0.25, 0.3) is 11.1 Å². The molecule has 2 aromatic rings. The van der Waals surface area contributed by atoms with Crippen molar-refractivity contribution in [3.63, 3.8) is 0 Å². The minimum atomic E-state index is -2.90. The zero-order valence-corrected chi connectivity index (χ0v) is 18.1. The van der Waals surface area contributed by atoms with Gasteiger partial charge in [0.1, 0.15) is 12.6 Å². The number of fused-ring (bicyclic) bond motifs is 3. The minimum absolute atomic E-state index is 0.0831. The smallest absolute Gasteiger partial charge is 0.407 e. The maximum Gasteiger partial charge on any atom is 0.407 e. The molecule has 1 aliphatic carbocycles. The highest BCUT2D eigenvalue weighted by Crippen LogP contribution is 2.44. The fourth-order valence-corrected chi connectivity index (χ4v) is 4.44. The summed E-state index contributed by atoms with van der Waals surface area (Å²) < 4.78 is 36.0. The second-order valence-electron chi connectivity index (χ2n) is 8.18. The summed E-state index contributed by atoms with van der Waals surface area (Å²) in [5.74, 6) is -2.59. The van der Waals surface area contributed by atoms with E-state index in [9.17, 15) is 23.2 Å². The molecular formula is C24H24F2N2O6. The number of benzene rings is 2. The summed E-state index contributed by atoms with van der Waals surface area (Å²) in [4.78, 5) is 36.1. The lowest BCUT2D eigenvalue weighted by molar-refractivity contribution is -0.145. The number of carbonyl (C=O) groups excluding carboxylic acids is 2. The van der Waals surface area contributed by atoms with Gasteiger partial charge in [0.05, 0.1) is 6.04 Å². The van der Waals surface area contributed by atoms with Gasteiger partial charge < -0.3 is 25.2 Å². The highest BCUT2D eigenvalue weighted by molar-refractivity contribution is 5.87. The van der Waals surface area contributed by atoms with E-state index in [0.29, 0.717) is 0 Å².